The molecule has 39 heavy (non-hydrogen) atoms. The Morgan fingerprint density at radius 3 is 2.41 bits per heavy atom. The first-order valence-corrected chi connectivity index (χ1v) is 15.0. The van der Waals surface area contributed by atoms with Crippen molar-refractivity contribution in [2.24, 2.45) is 0 Å². The van der Waals surface area contributed by atoms with E-state index in [9.17, 15) is 24.8 Å². The largest absolute Gasteiger partial charge is 0.508 e. The smallest absolute Gasteiger partial charge is 0.236 e. The first-order chi connectivity index (χ1) is 18.8. The summed E-state index contributed by atoms with van der Waals surface area (Å²) in [5, 5.41) is 32.1. The minimum Gasteiger partial charge on any atom is -0.508 e. The molecular weight excluding hydrogens is 521 g/mol. The maximum Gasteiger partial charge on any atom is 0.236 e. The summed E-state index contributed by atoms with van der Waals surface area (Å²) in [7, 11) is -3.37. The fourth-order valence-corrected chi connectivity index (χ4v) is 4.80. The molecule has 3 aromatic rings. The van der Waals surface area contributed by atoms with Crippen LogP contribution in [0.3, 0.4) is 0 Å². The van der Waals surface area contributed by atoms with Crippen LogP contribution in [0.1, 0.15) is 23.1 Å². The number of hydrogen-bond acceptors (Lipinski definition) is 8. The molecule has 0 aliphatic carbocycles. The second kappa shape index (κ2) is 16.3. The fraction of sp³-hybridized carbons (Fsp3) is 0.379. The zero-order valence-corrected chi connectivity index (χ0v) is 22.8. The third kappa shape index (κ3) is 11.8. The molecule has 3 rings (SSSR count). The Hall–Kier alpha value is -2.91. The summed E-state index contributed by atoms with van der Waals surface area (Å²) in [6.07, 6.45) is 0.515. The molecule has 0 aromatic heterocycles. The van der Waals surface area contributed by atoms with Gasteiger partial charge >= 0.3 is 0 Å². The molecule has 0 amide bonds. The molecule has 2 atom stereocenters. The Bertz CT molecular complexity index is 1160. The summed E-state index contributed by atoms with van der Waals surface area (Å²) in [5.74, 6) is 1.06. The van der Waals surface area contributed by atoms with E-state index in [1.165, 1.54) is 6.07 Å². The number of benzene rings is 3. The van der Waals surface area contributed by atoms with Gasteiger partial charge in [-0.05, 0) is 60.8 Å². The highest BCUT2D eigenvalue weighted by Gasteiger charge is 2.18. The van der Waals surface area contributed by atoms with Crippen LogP contribution in [0, 0.1) is 0 Å². The van der Waals surface area contributed by atoms with E-state index in [1.54, 1.807) is 24.3 Å². The van der Waals surface area contributed by atoms with Gasteiger partial charge in [0.15, 0.2) is 6.35 Å². The van der Waals surface area contributed by atoms with Gasteiger partial charge in [0, 0.05) is 24.9 Å². The van der Waals surface area contributed by atoms with Gasteiger partial charge in [-0.2, -0.15) is 0 Å². The summed E-state index contributed by atoms with van der Waals surface area (Å²) < 4.78 is 28.9. The van der Waals surface area contributed by atoms with Gasteiger partial charge < -0.3 is 39.7 Å². The summed E-state index contributed by atoms with van der Waals surface area (Å²) in [5.41, 5.74) is 2.55. The average Bonchev–Trinajstić information content (AvgIpc) is 2.95. The van der Waals surface area contributed by atoms with E-state index in [2.05, 4.69) is 5.32 Å². The number of phenols is 1. The maximum atomic E-state index is 12.3. The van der Waals surface area contributed by atoms with E-state index < -0.39 is 13.5 Å². The van der Waals surface area contributed by atoms with Gasteiger partial charge in [-0.15, -0.1) is 0 Å². The molecular formula is C29H38NO8P. The Kier molecular flexibility index (Phi) is 12.8. The van der Waals surface area contributed by atoms with Crippen LogP contribution in [0.25, 0.3) is 0 Å². The molecule has 212 valence electrons. The lowest BCUT2D eigenvalue weighted by Gasteiger charge is -2.14. The lowest BCUT2D eigenvalue weighted by Crippen LogP contribution is -2.32. The summed E-state index contributed by atoms with van der Waals surface area (Å²) in [4.78, 5) is 10.1. The highest BCUT2D eigenvalue weighted by molar-refractivity contribution is 7.57. The van der Waals surface area contributed by atoms with Crippen LogP contribution in [-0.4, -0.2) is 65.1 Å². The molecule has 0 bridgehead atoms. The van der Waals surface area contributed by atoms with Crippen molar-refractivity contribution in [2.75, 3.05) is 38.8 Å². The second-order valence-corrected chi connectivity index (χ2v) is 11.6. The number of ether oxygens (including phenoxy) is 3. The van der Waals surface area contributed by atoms with Crippen LogP contribution < -0.4 is 14.8 Å². The van der Waals surface area contributed by atoms with Crippen LogP contribution in [0.2, 0.25) is 0 Å². The monoisotopic (exact) mass is 559 g/mol. The molecule has 0 fully saturated rings. The Labute approximate surface area is 229 Å². The van der Waals surface area contributed by atoms with Crippen LogP contribution in [0.15, 0.2) is 72.8 Å². The first kappa shape index (κ1) is 30.6. The standard InChI is InChI=1S/C29H38NO8P/c31-19-25-17-28(11-12-29(25)33)37-21-26(32)18-30-14-13-23-7-9-24(10-8-23)20-36-15-4-16-39(34,35)22-38-27-5-2-1-3-6-27/h1-3,5-12,17,26,30-33H,4,13-16,18-22H2,(H,34,35)/t26-/m0/s1. The first-order valence-electron chi connectivity index (χ1n) is 12.9. The highest BCUT2D eigenvalue weighted by Crippen LogP contribution is 2.41. The minimum absolute atomic E-state index is 0.00406. The van der Waals surface area contributed by atoms with E-state index in [0.29, 0.717) is 49.8 Å². The molecule has 0 aliphatic heterocycles. The van der Waals surface area contributed by atoms with Crippen molar-refractivity contribution in [3.63, 3.8) is 0 Å². The predicted octanol–water partition coefficient (Wildman–Crippen LogP) is 3.67. The van der Waals surface area contributed by atoms with Crippen molar-refractivity contribution in [3.8, 4) is 17.2 Å². The zero-order chi connectivity index (χ0) is 27.9. The van der Waals surface area contributed by atoms with Crippen molar-refractivity contribution >= 4 is 7.37 Å². The highest BCUT2D eigenvalue weighted by atomic mass is 31.2. The van der Waals surface area contributed by atoms with E-state index in [4.69, 9.17) is 14.2 Å². The van der Waals surface area contributed by atoms with Crippen molar-refractivity contribution in [2.45, 2.75) is 32.2 Å². The number of hydrogen-bond donors (Lipinski definition) is 5. The zero-order valence-electron chi connectivity index (χ0n) is 21.9. The van der Waals surface area contributed by atoms with Crippen molar-refractivity contribution < 1.29 is 39.0 Å². The molecule has 0 aliphatic rings. The summed E-state index contributed by atoms with van der Waals surface area (Å²) in [6.45, 7) is 1.69. The molecule has 0 radical (unpaired) electrons. The molecule has 9 nitrogen and oxygen atoms in total. The number of nitrogens with one attached hydrogen (secondary N) is 1. The summed E-state index contributed by atoms with van der Waals surface area (Å²) in [6, 6.07) is 21.6. The van der Waals surface area contributed by atoms with Crippen molar-refractivity contribution in [1.82, 2.24) is 5.32 Å². The minimum atomic E-state index is -3.37. The van der Waals surface area contributed by atoms with Gasteiger partial charge in [0.2, 0.25) is 7.37 Å². The summed E-state index contributed by atoms with van der Waals surface area (Å²) >= 11 is 0. The van der Waals surface area contributed by atoms with Gasteiger partial charge in [0.25, 0.3) is 0 Å². The number of para-hydroxylation sites is 1. The average molecular weight is 560 g/mol. The molecule has 10 heteroatoms. The Morgan fingerprint density at radius 1 is 0.923 bits per heavy atom. The molecule has 3 aromatic carbocycles. The van der Waals surface area contributed by atoms with Crippen LogP contribution in [-0.2, 0) is 28.9 Å². The van der Waals surface area contributed by atoms with E-state index in [0.717, 1.165) is 17.5 Å². The predicted molar refractivity (Wildman–Crippen MR) is 149 cm³/mol. The Balaban J connectivity index is 1.24. The van der Waals surface area contributed by atoms with Gasteiger partial charge in [-0.3, -0.25) is 4.57 Å². The number of aliphatic hydroxyl groups is 2. The van der Waals surface area contributed by atoms with Gasteiger partial charge in [0.05, 0.1) is 13.2 Å². The topological polar surface area (TPSA) is 138 Å². The van der Waals surface area contributed by atoms with Crippen molar-refractivity contribution in [3.05, 3.63) is 89.5 Å². The normalized spacial score (nSPS) is 13.5. The van der Waals surface area contributed by atoms with Crippen molar-refractivity contribution in [1.29, 1.82) is 0 Å². The molecule has 0 heterocycles. The lowest BCUT2D eigenvalue weighted by molar-refractivity contribution is 0.106. The maximum absolute atomic E-state index is 12.3. The van der Waals surface area contributed by atoms with E-state index in [-0.39, 0.29) is 31.5 Å². The van der Waals surface area contributed by atoms with Crippen LogP contribution in [0.4, 0.5) is 0 Å². The van der Waals surface area contributed by atoms with Crippen LogP contribution in [0.5, 0.6) is 17.2 Å². The van der Waals surface area contributed by atoms with E-state index in [1.807, 2.05) is 42.5 Å². The third-order valence-electron chi connectivity index (χ3n) is 5.90. The molecule has 0 saturated carbocycles. The number of aliphatic hydroxyl groups excluding tert-OH is 2. The second-order valence-electron chi connectivity index (χ2n) is 9.25. The fourth-order valence-electron chi connectivity index (χ4n) is 3.69. The molecule has 0 saturated heterocycles. The quantitative estimate of drug-likeness (QED) is 0.117. The third-order valence-corrected chi connectivity index (χ3v) is 7.45. The van der Waals surface area contributed by atoms with Crippen LogP contribution >= 0.6 is 7.37 Å². The lowest BCUT2D eigenvalue weighted by atomic mass is 10.1. The van der Waals surface area contributed by atoms with Gasteiger partial charge in [0.1, 0.15) is 30.0 Å². The Morgan fingerprint density at radius 2 is 1.67 bits per heavy atom. The number of aromatic hydroxyl groups is 1. The molecule has 1 unspecified atom stereocenters. The number of rotatable bonds is 18. The molecule has 5 N–H and O–H groups in total. The SMILES string of the molecule is O=P(O)(CCCOCc1ccc(CCNC[C@H](O)COc2ccc(O)c(CO)c2)cc1)COc1ccccc1. The van der Waals surface area contributed by atoms with Gasteiger partial charge in [-0.1, -0.05) is 42.5 Å². The molecule has 0 spiro atoms. The van der Waals surface area contributed by atoms with Gasteiger partial charge in [-0.25, -0.2) is 0 Å². The van der Waals surface area contributed by atoms with E-state index >= 15 is 0 Å².